The summed E-state index contributed by atoms with van der Waals surface area (Å²) in [7, 11) is 3.81. The highest BCUT2D eigenvalue weighted by Gasteiger charge is 2.15. The molecule has 0 saturated carbocycles. The van der Waals surface area contributed by atoms with Crippen molar-refractivity contribution < 1.29 is 14.2 Å². The molecule has 0 saturated heterocycles. The quantitative estimate of drug-likeness (QED) is 0.756. The van der Waals surface area contributed by atoms with Gasteiger partial charge in [0.15, 0.2) is 6.54 Å². The molecule has 0 aliphatic carbocycles. The third kappa shape index (κ3) is 3.81. The van der Waals surface area contributed by atoms with Gasteiger partial charge in [0.25, 0.3) is 5.89 Å². The number of benzene rings is 2. The molecule has 0 fully saturated rings. The summed E-state index contributed by atoms with van der Waals surface area (Å²) < 4.78 is 10.8. The Kier molecular flexibility index (Phi) is 4.91. The molecule has 3 aromatic rings. The zero-order valence-corrected chi connectivity index (χ0v) is 14.2. The number of methoxy groups -OCH3 is 1. The lowest BCUT2D eigenvalue weighted by molar-refractivity contribution is -0.909. The van der Waals surface area contributed by atoms with Gasteiger partial charge in [0.1, 0.15) is 12.3 Å². The second kappa shape index (κ2) is 7.27. The third-order valence-corrected chi connectivity index (χ3v) is 3.88. The molecule has 0 radical (unpaired) electrons. The van der Waals surface area contributed by atoms with Crippen molar-refractivity contribution in [1.29, 1.82) is 0 Å². The Morgan fingerprint density at radius 3 is 2.62 bits per heavy atom. The van der Waals surface area contributed by atoms with E-state index in [0.717, 1.165) is 17.9 Å². The first kappa shape index (κ1) is 16.2. The Labute approximate surface area is 141 Å². The first-order valence-electron chi connectivity index (χ1n) is 7.98. The molecule has 124 valence electrons. The largest absolute Gasteiger partial charge is 0.496 e. The van der Waals surface area contributed by atoms with Crippen molar-refractivity contribution in [1.82, 2.24) is 10.1 Å². The Morgan fingerprint density at radius 2 is 1.88 bits per heavy atom. The first-order valence-corrected chi connectivity index (χ1v) is 7.98. The van der Waals surface area contributed by atoms with E-state index in [1.165, 1.54) is 16.0 Å². The molecule has 0 bridgehead atoms. The highest BCUT2D eigenvalue weighted by atomic mass is 16.5. The van der Waals surface area contributed by atoms with E-state index in [-0.39, 0.29) is 0 Å². The predicted octanol–water partition coefficient (Wildman–Crippen LogP) is 2.27. The molecular formula is C19H22N3O2+. The molecule has 5 heteroatoms. The number of aryl methyl sites for hydroxylation is 1. The zero-order valence-electron chi connectivity index (χ0n) is 14.2. The van der Waals surface area contributed by atoms with E-state index < -0.39 is 0 Å². The van der Waals surface area contributed by atoms with Crippen molar-refractivity contribution >= 4 is 0 Å². The van der Waals surface area contributed by atoms with Gasteiger partial charge < -0.3 is 14.2 Å². The summed E-state index contributed by atoms with van der Waals surface area (Å²) in [6.45, 7) is 3.58. The third-order valence-electron chi connectivity index (χ3n) is 3.88. The molecule has 1 N–H and O–H groups in total. The number of nitrogens with one attached hydrogen (secondary N) is 1. The van der Waals surface area contributed by atoms with Crippen molar-refractivity contribution in [3.63, 3.8) is 0 Å². The minimum Gasteiger partial charge on any atom is -0.496 e. The lowest BCUT2D eigenvalue weighted by atomic mass is 10.1. The minimum atomic E-state index is 0.631. The molecule has 3 rings (SSSR count). The van der Waals surface area contributed by atoms with E-state index in [4.69, 9.17) is 9.26 Å². The van der Waals surface area contributed by atoms with Crippen LogP contribution in [0.1, 0.15) is 17.0 Å². The highest BCUT2D eigenvalue weighted by Crippen LogP contribution is 2.18. The van der Waals surface area contributed by atoms with E-state index in [2.05, 4.69) is 36.2 Å². The van der Waals surface area contributed by atoms with E-state index in [1.807, 2.05) is 36.4 Å². The van der Waals surface area contributed by atoms with Gasteiger partial charge in [-0.15, -0.1) is 0 Å². The van der Waals surface area contributed by atoms with Crippen LogP contribution in [0.15, 0.2) is 53.1 Å². The lowest BCUT2D eigenvalue weighted by Crippen LogP contribution is -3.06. The maximum absolute atomic E-state index is 5.45. The van der Waals surface area contributed by atoms with Crippen LogP contribution in [-0.2, 0) is 13.1 Å². The monoisotopic (exact) mass is 324 g/mol. The maximum Gasteiger partial charge on any atom is 0.282 e. The Morgan fingerprint density at radius 1 is 1.08 bits per heavy atom. The standard InChI is InChI=1S/C19H21N3O2/c1-14-9-10-17(23-3)16(11-14)12-22(2)13-18-20-19(21-24-18)15-7-5-4-6-8-15/h4-11H,12-13H2,1-3H3/p+1. The molecular weight excluding hydrogens is 302 g/mol. The zero-order chi connectivity index (χ0) is 16.9. The normalized spacial score (nSPS) is 12.1. The van der Waals surface area contributed by atoms with Crippen LogP contribution in [0.4, 0.5) is 0 Å². The number of hydrogen-bond acceptors (Lipinski definition) is 4. The van der Waals surface area contributed by atoms with Crippen LogP contribution < -0.4 is 9.64 Å². The average Bonchev–Trinajstić information content (AvgIpc) is 3.04. The summed E-state index contributed by atoms with van der Waals surface area (Å²) in [6, 6.07) is 16.1. The van der Waals surface area contributed by atoms with Gasteiger partial charge in [-0.25, -0.2) is 0 Å². The smallest absolute Gasteiger partial charge is 0.282 e. The van der Waals surface area contributed by atoms with Crippen LogP contribution >= 0.6 is 0 Å². The number of quaternary nitrogens is 1. The van der Waals surface area contributed by atoms with Gasteiger partial charge in [0, 0.05) is 11.1 Å². The second-order valence-electron chi connectivity index (χ2n) is 6.00. The van der Waals surface area contributed by atoms with Gasteiger partial charge in [-0.05, 0) is 19.1 Å². The number of nitrogens with zero attached hydrogens (tertiary/aromatic N) is 2. The SMILES string of the molecule is COc1ccc(C)cc1C[NH+](C)Cc1nc(-c2ccccc2)no1. The summed E-state index contributed by atoms with van der Waals surface area (Å²) in [4.78, 5) is 5.74. The number of rotatable bonds is 6. The summed E-state index contributed by atoms with van der Waals surface area (Å²) in [5.41, 5.74) is 3.37. The molecule has 24 heavy (non-hydrogen) atoms. The van der Waals surface area contributed by atoms with Gasteiger partial charge in [0.05, 0.1) is 14.2 Å². The van der Waals surface area contributed by atoms with Gasteiger partial charge >= 0.3 is 0 Å². The van der Waals surface area contributed by atoms with Gasteiger partial charge in [0.2, 0.25) is 5.82 Å². The lowest BCUT2D eigenvalue weighted by Gasteiger charge is -2.14. The predicted molar refractivity (Wildman–Crippen MR) is 91.8 cm³/mol. The highest BCUT2D eigenvalue weighted by molar-refractivity contribution is 5.53. The molecule has 5 nitrogen and oxygen atoms in total. The van der Waals surface area contributed by atoms with E-state index in [9.17, 15) is 0 Å². The fraction of sp³-hybridized carbons (Fsp3) is 0.263. The van der Waals surface area contributed by atoms with Gasteiger partial charge in [-0.3, -0.25) is 0 Å². The fourth-order valence-electron chi connectivity index (χ4n) is 2.72. The van der Waals surface area contributed by atoms with Crippen molar-refractivity contribution in [2.24, 2.45) is 0 Å². The molecule has 1 atom stereocenters. The molecule has 1 heterocycles. The first-order chi connectivity index (χ1) is 11.7. The number of aromatic nitrogens is 2. The average molecular weight is 324 g/mol. The van der Waals surface area contributed by atoms with Crippen molar-refractivity contribution in [2.75, 3.05) is 14.2 Å². The molecule has 2 aromatic carbocycles. The minimum absolute atomic E-state index is 0.631. The molecule has 0 aliphatic heterocycles. The van der Waals surface area contributed by atoms with Crippen molar-refractivity contribution in [3.05, 3.63) is 65.5 Å². The van der Waals surface area contributed by atoms with Gasteiger partial charge in [-0.1, -0.05) is 47.1 Å². The van der Waals surface area contributed by atoms with Crippen LogP contribution in [0.5, 0.6) is 5.75 Å². The topological polar surface area (TPSA) is 52.6 Å². The number of hydrogen-bond donors (Lipinski definition) is 1. The molecule has 1 unspecified atom stereocenters. The second-order valence-corrected chi connectivity index (χ2v) is 6.00. The maximum atomic E-state index is 5.45. The molecule has 0 amide bonds. The molecule has 0 aliphatic rings. The Hall–Kier alpha value is -2.66. The van der Waals surface area contributed by atoms with Crippen LogP contribution in [0.25, 0.3) is 11.4 Å². The van der Waals surface area contributed by atoms with E-state index >= 15 is 0 Å². The fourth-order valence-corrected chi connectivity index (χ4v) is 2.72. The molecule has 1 aromatic heterocycles. The van der Waals surface area contributed by atoms with Crippen LogP contribution in [-0.4, -0.2) is 24.3 Å². The summed E-state index contributed by atoms with van der Waals surface area (Å²) in [6.07, 6.45) is 0. The van der Waals surface area contributed by atoms with Gasteiger partial charge in [-0.2, -0.15) is 4.98 Å². The van der Waals surface area contributed by atoms with E-state index in [1.54, 1.807) is 7.11 Å². The van der Waals surface area contributed by atoms with Crippen molar-refractivity contribution in [2.45, 2.75) is 20.0 Å². The van der Waals surface area contributed by atoms with Crippen LogP contribution in [0.3, 0.4) is 0 Å². The van der Waals surface area contributed by atoms with E-state index in [0.29, 0.717) is 18.3 Å². The summed E-state index contributed by atoms with van der Waals surface area (Å²) in [5.74, 6) is 2.18. The van der Waals surface area contributed by atoms with Crippen LogP contribution in [0.2, 0.25) is 0 Å². The van der Waals surface area contributed by atoms with Crippen molar-refractivity contribution in [3.8, 4) is 17.1 Å². The summed E-state index contributed by atoms with van der Waals surface area (Å²) >= 11 is 0. The summed E-state index contributed by atoms with van der Waals surface area (Å²) in [5, 5.41) is 4.07. The number of ether oxygens (including phenoxy) is 1. The molecule has 0 spiro atoms. The Bertz CT molecular complexity index is 799. The Balaban J connectivity index is 1.69. The van der Waals surface area contributed by atoms with Crippen LogP contribution in [0, 0.1) is 6.92 Å².